The summed E-state index contributed by atoms with van der Waals surface area (Å²) in [7, 11) is -1.15. The lowest BCUT2D eigenvalue weighted by molar-refractivity contribution is 0.637. The second kappa shape index (κ2) is 6.58. The van der Waals surface area contributed by atoms with Gasteiger partial charge in [0.2, 0.25) is 0 Å². The fourth-order valence-corrected chi connectivity index (χ4v) is 3.97. The van der Waals surface area contributed by atoms with Crippen LogP contribution in [0.2, 0.25) is 0 Å². The van der Waals surface area contributed by atoms with Gasteiger partial charge in [-0.15, -0.1) is 0 Å². The molecule has 0 N–H and O–H groups in total. The lowest BCUT2D eigenvalue weighted by Crippen LogP contribution is -2.05. The lowest BCUT2D eigenvalue weighted by Gasteiger charge is -2.09. The van der Waals surface area contributed by atoms with Gasteiger partial charge in [-0.25, -0.2) is 4.21 Å². The van der Waals surface area contributed by atoms with Gasteiger partial charge in [0.1, 0.15) is 15.8 Å². The zero-order chi connectivity index (χ0) is 14.7. The Hall–Kier alpha value is -1.39. The van der Waals surface area contributed by atoms with Crippen molar-refractivity contribution < 1.29 is 4.21 Å². The Bertz CT molecular complexity index is 767. The van der Waals surface area contributed by atoms with E-state index in [-0.39, 0.29) is 0 Å². The van der Waals surface area contributed by atoms with E-state index in [1.54, 1.807) is 0 Å². The summed E-state index contributed by atoms with van der Waals surface area (Å²) >= 11 is 3.48. The average Bonchev–Trinajstić information content (AvgIpc) is 2.91. The SMILES string of the molecule is O=S(c1ccccc1)c1cc2ccccc2n1CCCBr. The van der Waals surface area contributed by atoms with Crippen molar-refractivity contribution >= 4 is 37.6 Å². The van der Waals surface area contributed by atoms with Crippen molar-refractivity contribution in [1.82, 2.24) is 4.57 Å². The first-order valence-electron chi connectivity index (χ1n) is 6.92. The maximum Gasteiger partial charge on any atom is 0.112 e. The Kier molecular flexibility index (Phi) is 4.56. The molecule has 108 valence electrons. The van der Waals surface area contributed by atoms with Crippen molar-refractivity contribution in [3.8, 4) is 0 Å². The van der Waals surface area contributed by atoms with E-state index in [1.807, 2.05) is 48.5 Å². The first-order chi connectivity index (χ1) is 10.3. The van der Waals surface area contributed by atoms with E-state index in [9.17, 15) is 4.21 Å². The first kappa shape index (κ1) is 14.5. The third-order valence-corrected chi connectivity index (χ3v) is 5.41. The molecule has 21 heavy (non-hydrogen) atoms. The molecule has 0 saturated heterocycles. The molecule has 0 fully saturated rings. The number of rotatable bonds is 5. The minimum absolute atomic E-state index is 0.848. The van der Waals surface area contributed by atoms with Crippen LogP contribution in [0.3, 0.4) is 0 Å². The highest BCUT2D eigenvalue weighted by atomic mass is 79.9. The highest BCUT2D eigenvalue weighted by Gasteiger charge is 2.15. The second-order valence-corrected chi connectivity index (χ2v) is 7.04. The normalized spacial score (nSPS) is 12.6. The van der Waals surface area contributed by atoms with Gasteiger partial charge >= 0.3 is 0 Å². The molecule has 2 aromatic carbocycles. The van der Waals surface area contributed by atoms with Gasteiger partial charge in [0.15, 0.2) is 0 Å². The average molecular weight is 362 g/mol. The number of para-hydroxylation sites is 1. The summed E-state index contributed by atoms with van der Waals surface area (Å²) in [6, 6.07) is 19.9. The molecule has 2 nitrogen and oxygen atoms in total. The molecule has 0 radical (unpaired) electrons. The predicted octanol–water partition coefficient (Wildman–Crippen LogP) is 4.59. The van der Waals surface area contributed by atoms with Gasteiger partial charge < -0.3 is 4.57 Å². The van der Waals surface area contributed by atoms with Gasteiger partial charge in [0, 0.05) is 27.7 Å². The Balaban J connectivity index is 2.10. The molecule has 1 heterocycles. The minimum Gasteiger partial charge on any atom is -0.333 e. The number of benzene rings is 2. The smallest absolute Gasteiger partial charge is 0.112 e. The number of halogens is 1. The van der Waals surface area contributed by atoms with Gasteiger partial charge in [-0.3, -0.25) is 0 Å². The van der Waals surface area contributed by atoms with Gasteiger partial charge in [0.25, 0.3) is 0 Å². The number of aromatic nitrogens is 1. The molecule has 4 heteroatoms. The summed E-state index contributed by atoms with van der Waals surface area (Å²) in [6.45, 7) is 0.868. The van der Waals surface area contributed by atoms with Gasteiger partial charge in [0.05, 0.1) is 0 Å². The molecule has 1 unspecified atom stereocenters. The Labute approximate surface area is 135 Å². The van der Waals surface area contributed by atoms with Gasteiger partial charge in [-0.2, -0.15) is 0 Å². The van der Waals surface area contributed by atoms with Crippen LogP contribution in [0, 0.1) is 0 Å². The molecule has 0 saturated carbocycles. The third-order valence-electron chi connectivity index (χ3n) is 3.44. The standard InChI is InChI=1S/C17H16BrNOS/c18-11-6-12-19-16-10-5-4-7-14(16)13-17(19)21(20)15-8-2-1-3-9-15/h1-5,7-10,13H,6,11-12H2. The fourth-order valence-electron chi connectivity index (χ4n) is 2.45. The quantitative estimate of drug-likeness (QED) is 0.609. The van der Waals surface area contributed by atoms with Crippen molar-refractivity contribution in [2.45, 2.75) is 22.9 Å². The maximum atomic E-state index is 12.9. The molecule has 0 aliphatic heterocycles. The largest absolute Gasteiger partial charge is 0.333 e. The van der Waals surface area contributed by atoms with Crippen LogP contribution >= 0.6 is 15.9 Å². The number of aryl methyl sites for hydroxylation is 1. The maximum absolute atomic E-state index is 12.9. The van der Waals surface area contributed by atoms with Crippen molar-refractivity contribution in [3.05, 3.63) is 60.7 Å². The van der Waals surface area contributed by atoms with E-state index >= 15 is 0 Å². The van der Waals surface area contributed by atoms with Crippen LogP contribution in [0.4, 0.5) is 0 Å². The molecule has 1 aromatic heterocycles. The van der Waals surface area contributed by atoms with E-state index in [1.165, 1.54) is 0 Å². The van der Waals surface area contributed by atoms with E-state index in [4.69, 9.17) is 0 Å². The predicted molar refractivity (Wildman–Crippen MR) is 91.5 cm³/mol. The number of alkyl halides is 1. The van der Waals surface area contributed by atoms with Crippen LogP contribution < -0.4 is 0 Å². The summed E-state index contributed by atoms with van der Waals surface area (Å²) in [6.07, 6.45) is 1.01. The molecule has 0 amide bonds. The molecular weight excluding hydrogens is 346 g/mol. The summed E-state index contributed by atoms with van der Waals surface area (Å²) in [5.74, 6) is 0. The molecule has 0 bridgehead atoms. The topological polar surface area (TPSA) is 22.0 Å². The molecule has 3 aromatic rings. The van der Waals surface area contributed by atoms with E-state index in [0.29, 0.717) is 0 Å². The third kappa shape index (κ3) is 2.97. The van der Waals surface area contributed by atoms with Crippen molar-refractivity contribution in [2.24, 2.45) is 0 Å². The summed E-state index contributed by atoms with van der Waals surface area (Å²) < 4.78 is 15.1. The summed E-state index contributed by atoms with van der Waals surface area (Å²) in [5.41, 5.74) is 1.15. The number of fused-ring (bicyclic) bond motifs is 1. The molecule has 0 aliphatic carbocycles. The number of hydrogen-bond acceptors (Lipinski definition) is 1. The Morgan fingerprint density at radius 2 is 1.71 bits per heavy atom. The number of nitrogens with zero attached hydrogens (tertiary/aromatic N) is 1. The molecule has 0 aliphatic rings. The van der Waals surface area contributed by atoms with Crippen LogP contribution in [0.1, 0.15) is 6.42 Å². The molecule has 0 spiro atoms. The van der Waals surface area contributed by atoms with Crippen LogP contribution in [0.25, 0.3) is 10.9 Å². The van der Waals surface area contributed by atoms with E-state index < -0.39 is 10.8 Å². The second-order valence-electron chi connectivity index (χ2n) is 4.82. The summed E-state index contributed by atoms with van der Waals surface area (Å²) in [5, 5.41) is 2.96. The van der Waals surface area contributed by atoms with Crippen molar-refractivity contribution in [2.75, 3.05) is 5.33 Å². The fraction of sp³-hybridized carbons (Fsp3) is 0.176. The van der Waals surface area contributed by atoms with Crippen LogP contribution in [0.5, 0.6) is 0 Å². The highest BCUT2D eigenvalue weighted by molar-refractivity contribution is 9.09. The van der Waals surface area contributed by atoms with Crippen molar-refractivity contribution in [3.63, 3.8) is 0 Å². The molecular formula is C17H16BrNOS. The zero-order valence-corrected chi connectivity index (χ0v) is 13.9. The van der Waals surface area contributed by atoms with Crippen LogP contribution in [0.15, 0.2) is 70.6 Å². The first-order valence-corrected chi connectivity index (χ1v) is 9.19. The van der Waals surface area contributed by atoms with Gasteiger partial charge in [-0.1, -0.05) is 52.3 Å². The van der Waals surface area contributed by atoms with Gasteiger partial charge in [-0.05, 0) is 30.7 Å². The number of hydrogen-bond donors (Lipinski definition) is 0. The van der Waals surface area contributed by atoms with E-state index in [2.05, 4.69) is 32.6 Å². The van der Waals surface area contributed by atoms with Crippen LogP contribution in [-0.4, -0.2) is 14.1 Å². The Morgan fingerprint density at radius 1 is 1.00 bits per heavy atom. The lowest BCUT2D eigenvalue weighted by atomic mass is 10.2. The van der Waals surface area contributed by atoms with Crippen molar-refractivity contribution in [1.29, 1.82) is 0 Å². The molecule has 3 rings (SSSR count). The minimum atomic E-state index is -1.15. The zero-order valence-electron chi connectivity index (χ0n) is 11.5. The summed E-state index contributed by atoms with van der Waals surface area (Å²) in [4.78, 5) is 0.848. The van der Waals surface area contributed by atoms with E-state index in [0.717, 1.165) is 39.1 Å². The Morgan fingerprint density at radius 3 is 2.48 bits per heavy atom. The molecule has 1 atom stereocenters. The van der Waals surface area contributed by atoms with Crippen LogP contribution in [-0.2, 0) is 17.3 Å². The monoisotopic (exact) mass is 361 g/mol. The highest BCUT2D eigenvalue weighted by Crippen LogP contribution is 2.25.